The summed E-state index contributed by atoms with van der Waals surface area (Å²) in [6.45, 7) is 17.4. The maximum atomic E-state index is 12.5. The molecule has 0 aliphatic heterocycles. The van der Waals surface area contributed by atoms with E-state index in [4.69, 9.17) is 24.3 Å². The van der Waals surface area contributed by atoms with Gasteiger partial charge in [0, 0.05) is 43.6 Å². The van der Waals surface area contributed by atoms with Crippen LogP contribution >= 0.6 is 0 Å². The van der Waals surface area contributed by atoms with Crippen molar-refractivity contribution in [1.82, 2.24) is 19.7 Å². The van der Waals surface area contributed by atoms with E-state index in [1.807, 2.05) is 92.2 Å². The van der Waals surface area contributed by atoms with Crippen molar-refractivity contribution in [2.45, 2.75) is 72.6 Å². The fourth-order valence-electron chi connectivity index (χ4n) is 4.06. The van der Waals surface area contributed by atoms with Gasteiger partial charge in [-0.1, -0.05) is 74.2 Å². The largest absolute Gasteiger partial charge is 0.476 e. The Hall–Kier alpha value is -3.82. The molecule has 8 nitrogen and oxygen atoms in total. The fourth-order valence-corrected chi connectivity index (χ4v) is 4.82. The lowest BCUT2D eigenvalue weighted by molar-refractivity contribution is -0.167. The van der Waals surface area contributed by atoms with Crippen LogP contribution in [0.4, 0.5) is 0 Å². The summed E-state index contributed by atoms with van der Waals surface area (Å²) in [5.74, 6) is 1.57. The smallest absolute Gasteiger partial charge is 0.315 e. The predicted octanol–water partition coefficient (Wildman–Crippen LogP) is 7.73. The molecule has 0 saturated heterocycles. The number of carbonyl (C=O) groups excluding carboxylic acids is 1. The fraction of sp³-hybridized carbons (Fsp3) is 0.412. The molecule has 2 aromatic heterocycles. The normalized spacial score (nSPS) is 12.3. The van der Waals surface area contributed by atoms with Gasteiger partial charge in [-0.05, 0) is 52.3 Å². The zero-order valence-corrected chi connectivity index (χ0v) is 27.7. The van der Waals surface area contributed by atoms with Crippen LogP contribution in [0.1, 0.15) is 34.6 Å². The van der Waals surface area contributed by atoms with Crippen LogP contribution in [0.15, 0.2) is 72.9 Å². The van der Waals surface area contributed by atoms with Crippen molar-refractivity contribution in [3.05, 3.63) is 72.9 Å². The molecular formula is C34H44N4O4Si. The van der Waals surface area contributed by atoms with E-state index in [1.54, 1.807) is 20.0 Å². The first-order valence-electron chi connectivity index (χ1n) is 14.7. The Morgan fingerprint density at radius 3 is 2.09 bits per heavy atom. The number of esters is 1. The molecule has 0 N–H and O–H groups in total. The summed E-state index contributed by atoms with van der Waals surface area (Å²) in [6, 6.07) is 23.0. The van der Waals surface area contributed by atoms with Gasteiger partial charge >= 0.3 is 5.97 Å². The van der Waals surface area contributed by atoms with Crippen molar-refractivity contribution >= 4 is 14.0 Å². The zero-order valence-electron chi connectivity index (χ0n) is 26.7. The highest BCUT2D eigenvalue weighted by Gasteiger charge is 2.33. The molecule has 0 fully saturated rings. The second kappa shape index (κ2) is 13.2. The number of aromatic nitrogens is 4. The van der Waals surface area contributed by atoms with Crippen molar-refractivity contribution in [1.29, 1.82) is 0 Å². The molecule has 0 aliphatic rings. The third-order valence-corrected chi connectivity index (χ3v) is 8.36. The molecule has 9 heteroatoms. The molecule has 2 aromatic carbocycles. The van der Waals surface area contributed by atoms with Gasteiger partial charge < -0.3 is 14.2 Å². The Morgan fingerprint density at radius 2 is 1.49 bits per heavy atom. The van der Waals surface area contributed by atoms with E-state index in [0.717, 1.165) is 34.1 Å². The maximum absolute atomic E-state index is 12.5. The van der Waals surface area contributed by atoms with Gasteiger partial charge in [-0.15, -0.1) is 5.10 Å². The molecule has 0 amide bonds. The topological polar surface area (TPSA) is 88.4 Å². The molecule has 0 unspecified atom stereocenters. The molecule has 228 valence electrons. The van der Waals surface area contributed by atoms with Crippen LogP contribution in [0.2, 0.25) is 25.7 Å². The number of hydrogen-bond acceptors (Lipinski definition) is 7. The second-order valence-electron chi connectivity index (χ2n) is 13.6. The van der Waals surface area contributed by atoms with Gasteiger partial charge in [-0.2, -0.15) is 0 Å². The van der Waals surface area contributed by atoms with Crippen LogP contribution in [0, 0.1) is 5.41 Å². The monoisotopic (exact) mass is 600 g/mol. The lowest BCUT2D eigenvalue weighted by atomic mass is 9.94. The molecule has 0 bridgehead atoms. The molecular weight excluding hydrogens is 556 g/mol. The van der Waals surface area contributed by atoms with E-state index in [1.165, 1.54) is 0 Å². The minimum atomic E-state index is -1.19. The van der Waals surface area contributed by atoms with Crippen LogP contribution in [0.25, 0.3) is 33.9 Å². The van der Waals surface area contributed by atoms with Crippen LogP contribution in [-0.4, -0.2) is 52.6 Å². The van der Waals surface area contributed by atoms with Crippen molar-refractivity contribution in [3.63, 3.8) is 0 Å². The van der Waals surface area contributed by atoms with Gasteiger partial charge in [0.25, 0.3) is 0 Å². The first kappa shape index (κ1) is 32.1. The molecule has 2 heterocycles. The summed E-state index contributed by atoms with van der Waals surface area (Å²) < 4.78 is 19.2. The van der Waals surface area contributed by atoms with Gasteiger partial charge in [0.2, 0.25) is 5.88 Å². The average Bonchev–Trinajstić information content (AvgIpc) is 3.38. The molecule has 0 aliphatic carbocycles. The number of pyridine rings is 1. The Bertz CT molecular complexity index is 1490. The Balaban J connectivity index is 1.46. The van der Waals surface area contributed by atoms with Gasteiger partial charge in [0.15, 0.2) is 11.6 Å². The lowest BCUT2D eigenvalue weighted by Crippen LogP contribution is -2.37. The van der Waals surface area contributed by atoms with Crippen molar-refractivity contribution < 1.29 is 19.0 Å². The minimum absolute atomic E-state index is 0.163. The Labute approximate surface area is 256 Å². The molecule has 0 atom stereocenters. The van der Waals surface area contributed by atoms with Crippen LogP contribution in [-0.2, 0) is 21.0 Å². The number of nitrogens with zero attached hydrogens (tertiary/aromatic N) is 4. The molecule has 4 aromatic rings. The molecule has 0 saturated carbocycles. The highest BCUT2D eigenvalue weighted by Crippen LogP contribution is 2.28. The van der Waals surface area contributed by atoms with Crippen molar-refractivity contribution in [2.75, 3.05) is 13.2 Å². The van der Waals surface area contributed by atoms with Crippen molar-refractivity contribution in [3.8, 4) is 39.8 Å². The van der Waals surface area contributed by atoms with Crippen LogP contribution in [0.3, 0.4) is 0 Å². The predicted molar refractivity (Wildman–Crippen MR) is 173 cm³/mol. The number of benzene rings is 2. The van der Waals surface area contributed by atoms with E-state index in [-0.39, 0.29) is 12.6 Å². The molecule has 0 radical (unpaired) electrons. The van der Waals surface area contributed by atoms with E-state index < -0.39 is 19.1 Å². The summed E-state index contributed by atoms with van der Waals surface area (Å²) in [4.78, 5) is 21.9. The number of rotatable bonds is 12. The molecule has 0 spiro atoms. The van der Waals surface area contributed by atoms with E-state index >= 15 is 0 Å². The maximum Gasteiger partial charge on any atom is 0.315 e. The Kier molecular flexibility index (Phi) is 9.87. The summed E-state index contributed by atoms with van der Waals surface area (Å²) >= 11 is 0. The van der Waals surface area contributed by atoms with E-state index in [2.05, 4.69) is 24.6 Å². The zero-order chi connectivity index (χ0) is 31.3. The van der Waals surface area contributed by atoms with Gasteiger partial charge in [-0.25, -0.2) is 14.6 Å². The highest BCUT2D eigenvalue weighted by molar-refractivity contribution is 6.76. The van der Waals surface area contributed by atoms with E-state index in [9.17, 15) is 4.79 Å². The molecule has 4 rings (SSSR count). The SMILES string of the molecule is CC(C)(C)OC(=O)C(C)(C)COc1ccc(-c2ccc(-c3nc(-c4ccccc4)nn3COCC[Si](C)(C)C)cc2)cn1. The van der Waals surface area contributed by atoms with Gasteiger partial charge in [0.1, 0.15) is 18.9 Å². The van der Waals surface area contributed by atoms with Gasteiger partial charge in [-0.3, -0.25) is 4.79 Å². The van der Waals surface area contributed by atoms with Crippen LogP contribution in [0.5, 0.6) is 5.88 Å². The third kappa shape index (κ3) is 9.33. The summed E-state index contributed by atoms with van der Waals surface area (Å²) in [6.07, 6.45) is 1.77. The number of hydrogen-bond donors (Lipinski definition) is 0. The Morgan fingerprint density at radius 1 is 0.837 bits per heavy atom. The summed E-state index contributed by atoms with van der Waals surface area (Å²) in [5.41, 5.74) is 2.52. The quantitative estimate of drug-likeness (QED) is 0.0934. The minimum Gasteiger partial charge on any atom is -0.476 e. The molecule has 43 heavy (non-hydrogen) atoms. The number of ether oxygens (including phenoxy) is 3. The summed E-state index contributed by atoms with van der Waals surface area (Å²) in [5, 5.41) is 4.78. The van der Waals surface area contributed by atoms with Gasteiger partial charge in [0.05, 0.1) is 5.41 Å². The van der Waals surface area contributed by atoms with E-state index in [0.29, 0.717) is 25.0 Å². The third-order valence-electron chi connectivity index (χ3n) is 6.66. The standard InChI is InChI=1S/C34H44N4O4Si/c1-33(2,3)42-32(39)34(4,5)23-41-29-19-18-28(22-35-29)25-14-16-27(17-15-25)31-36-30(26-12-10-9-11-13-26)37-38(31)24-40-20-21-43(6,7)8/h9-19,22H,20-21,23-24H2,1-8H3. The highest BCUT2D eigenvalue weighted by atomic mass is 28.3. The van der Waals surface area contributed by atoms with Crippen LogP contribution < -0.4 is 4.74 Å². The summed E-state index contributed by atoms with van der Waals surface area (Å²) in [7, 11) is -1.19. The average molecular weight is 601 g/mol. The second-order valence-corrected chi connectivity index (χ2v) is 19.2. The first-order valence-corrected chi connectivity index (χ1v) is 18.4. The van der Waals surface area contributed by atoms with Crippen molar-refractivity contribution in [2.24, 2.45) is 5.41 Å². The first-order chi connectivity index (χ1) is 20.2. The number of carbonyl (C=O) groups is 1. The lowest BCUT2D eigenvalue weighted by Gasteiger charge is -2.28.